The minimum absolute atomic E-state index is 0.453. The molecule has 7 heteroatoms. The molecule has 0 atom stereocenters. The van der Waals surface area contributed by atoms with Crippen LogP contribution in [-0.2, 0) is 16.2 Å². The van der Waals surface area contributed by atoms with Crippen molar-refractivity contribution in [1.29, 1.82) is 0 Å². The van der Waals surface area contributed by atoms with Crippen molar-refractivity contribution < 1.29 is 21.6 Å². The average Bonchev–Trinajstić information content (AvgIpc) is 2.01. The highest BCUT2D eigenvalue weighted by Gasteiger charge is 2.30. The van der Waals surface area contributed by atoms with Gasteiger partial charge in [0.1, 0.15) is 0 Å². The highest BCUT2D eigenvalue weighted by atomic mass is 32.2. The molecule has 0 saturated carbocycles. The molecule has 1 radical (unpaired) electrons. The van der Waals surface area contributed by atoms with E-state index in [4.69, 9.17) is 5.14 Å². The number of hydrogen-bond acceptors (Lipinski definition) is 2. The Morgan fingerprint density at radius 3 is 1.79 bits per heavy atom. The van der Waals surface area contributed by atoms with Crippen molar-refractivity contribution in [1.82, 2.24) is 5.14 Å². The summed E-state index contributed by atoms with van der Waals surface area (Å²) in [5.74, 6) is 0. The Hall–Kier alpha value is -1.08. The van der Waals surface area contributed by atoms with E-state index in [2.05, 4.69) is 0 Å². The van der Waals surface area contributed by atoms with Crippen molar-refractivity contribution in [2.45, 2.75) is 11.1 Å². The highest BCUT2D eigenvalue weighted by Crippen LogP contribution is 2.29. The summed E-state index contributed by atoms with van der Waals surface area (Å²) in [6.07, 6.45) is -4.50. The second kappa shape index (κ2) is 3.25. The van der Waals surface area contributed by atoms with E-state index in [-0.39, 0.29) is 0 Å². The summed E-state index contributed by atoms with van der Waals surface area (Å²) >= 11 is 0. The lowest BCUT2D eigenvalue weighted by Crippen LogP contribution is -2.06. The van der Waals surface area contributed by atoms with Gasteiger partial charge in [0.15, 0.2) is 0 Å². The number of alkyl halides is 3. The maximum atomic E-state index is 12.0. The number of nitrogens with one attached hydrogen (secondary N) is 1. The van der Waals surface area contributed by atoms with E-state index < -0.39 is 26.7 Å². The summed E-state index contributed by atoms with van der Waals surface area (Å²) in [4.78, 5) is -0.453. The maximum absolute atomic E-state index is 12.0. The molecule has 1 rings (SSSR count). The summed E-state index contributed by atoms with van der Waals surface area (Å²) in [5.41, 5.74) is -0.940. The van der Waals surface area contributed by atoms with Crippen molar-refractivity contribution in [2.75, 3.05) is 0 Å². The normalized spacial score (nSPS) is 12.9. The van der Waals surface area contributed by atoms with E-state index in [0.29, 0.717) is 12.1 Å². The quantitative estimate of drug-likeness (QED) is 0.728. The van der Waals surface area contributed by atoms with Crippen molar-refractivity contribution in [3.05, 3.63) is 29.8 Å². The summed E-state index contributed by atoms with van der Waals surface area (Å²) in [5, 5.41) is 6.59. The van der Waals surface area contributed by atoms with Gasteiger partial charge in [-0.3, -0.25) is 0 Å². The predicted octanol–water partition coefficient (Wildman–Crippen LogP) is 1.68. The number of rotatable bonds is 1. The van der Waals surface area contributed by atoms with E-state index >= 15 is 0 Å². The van der Waals surface area contributed by atoms with Gasteiger partial charge in [-0.1, -0.05) is 0 Å². The molecule has 3 nitrogen and oxygen atoms in total. The van der Waals surface area contributed by atoms with Crippen LogP contribution >= 0.6 is 0 Å². The molecule has 0 heterocycles. The standard InChI is InChI=1S/C7H5F3NO2S/c8-7(9,10)5-1-3-6(4-2-5)14(11,12)13/h1-4,11H. The van der Waals surface area contributed by atoms with Crippen LogP contribution in [0, 0.1) is 0 Å². The van der Waals surface area contributed by atoms with Gasteiger partial charge in [0.05, 0.1) is 10.5 Å². The molecule has 0 amide bonds. The number of sulfonamides is 1. The van der Waals surface area contributed by atoms with Crippen molar-refractivity contribution >= 4 is 10.0 Å². The molecule has 0 aromatic heterocycles. The first-order chi connectivity index (χ1) is 6.21. The number of benzene rings is 1. The number of halogens is 3. The van der Waals surface area contributed by atoms with E-state index in [0.717, 1.165) is 12.1 Å². The van der Waals surface area contributed by atoms with Gasteiger partial charge in [0.2, 0.25) is 0 Å². The third-order valence-corrected chi connectivity index (χ3v) is 2.38. The summed E-state index contributed by atoms with van der Waals surface area (Å²) in [7, 11) is -4.18. The van der Waals surface area contributed by atoms with Crippen LogP contribution in [0.15, 0.2) is 29.2 Å². The Morgan fingerprint density at radius 2 is 1.50 bits per heavy atom. The first-order valence-corrected chi connectivity index (χ1v) is 4.86. The smallest absolute Gasteiger partial charge is 0.206 e. The van der Waals surface area contributed by atoms with Gasteiger partial charge in [-0.05, 0) is 24.3 Å². The van der Waals surface area contributed by atoms with Crippen LogP contribution in [0.3, 0.4) is 0 Å². The molecule has 0 unspecified atom stereocenters. The first kappa shape index (κ1) is 11.0. The largest absolute Gasteiger partial charge is 0.416 e. The van der Waals surface area contributed by atoms with Crippen LogP contribution in [0.5, 0.6) is 0 Å². The fraction of sp³-hybridized carbons (Fsp3) is 0.143. The Bertz CT molecular complexity index is 421. The average molecular weight is 224 g/mol. The van der Waals surface area contributed by atoms with Gasteiger partial charge in [-0.25, -0.2) is 8.42 Å². The molecule has 0 aliphatic rings. The Balaban J connectivity index is 3.14. The van der Waals surface area contributed by atoms with Gasteiger partial charge < -0.3 is 0 Å². The Kier molecular flexibility index (Phi) is 2.55. The zero-order valence-electron chi connectivity index (χ0n) is 6.67. The topological polar surface area (TPSA) is 57.9 Å². The molecule has 0 aliphatic heterocycles. The van der Waals surface area contributed by atoms with Gasteiger partial charge in [0, 0.05) is 0 Å². The first-order valence-electron chi connectivity index (χ1n) is 3.38. The lowest BCUT2D eigenvalue weighted by atomic mass is 10.2. The minimum Gasteiger partial charge on any atom is -0.206 e. The molecule has 0 aliphatic carbocycles. The van der Waals surface area contributed by atoms with Crippen LogP contribution in [0.1, 0.15) is 5.56 Å². The molecule has 1 aromatic carbocycles. The van der Waals surface area contributed by atoms with Crippen LogP contribution in [-0.4, -0.2) is 8.42 Å². The monoisotopic (exact) mass is 224 g/mol. The molecule has 14 heavy (non-hydrogen) atoms. The van der Waals surface area contributed by atoms with Gasteiger partial charge in [-0.2, -0.15) is 13.2 Å². The zero-order chi connectivity index (χ0) is 11.0. The van der Waals surface area contributed by atoms with Crippen LogP contribution < -0.4 is 5.14 Å². The lowest BCUT2D eigenvalue weighted by Gasteiger charge is -2.06. The molecule has 0 bridgehead atoms. The fourth-order valence-corrected chi connectivity index (χ4v) is 1.32. The fourth-order valence-electron chi connectivity index (χ4n) is 0.823. The van der Waals surface area contributed by atoms with Gasteiger partial charge in [0.25, 0.3) is 10.0 Å². The summed E-state index contributed by atoms with van der Waals surface area (Å²) < 4.78 is 57.2. The van der Waals surface area contributed by atoms with E-state index in [1.165, 1.54) is 0 Å². The van der Waals surface area contributed by atoms with E-state index in [9.17, 15) is 21.6 Å². The molecule has 0 saturated heterocycles. The van der Waals surface area contributed by atoms with Crippen LogP contribution in [0.2, 0.25) is 0 Å². The second-order valence-corrected chi connectivity index (χ2v) is 4.00. The number of hydrogen-bond donors (Lipinski definition) is 0. The third-order valence-electron chi connectivity index (χ3n) is 1.49. The summed E-state index contributed by atoms with van der Waals surface area (Å²) in [6.45, 7) is 0. The van der Waals surface area contributed by atoms with Crippen LogP contribution in [0.25, 0.3) is 0 Å². The van der Waals surface area contributed by atoms with Gasteiger partial charge in [-0.15, -0.1) is 5.14 Å². The van der Waals surface area contributed by atoms with Crippen molar-refractivity contribution in [2.24, 2.45) is 0 Å². The molecular formula is C7H5F3NO2S. The van der Waals surface area contributed by atoms with Crippen LogP contribution in [0.4, 0.5) is 13.2 Å². The summed E-state index contributed by atoms with van der Waals surface area (Å²) in [6, 6.07) is 2.76. The lowest BCUT2D eigenvalue weighted by molar-refractivity contribution is -0.137. The Morgan fingerprint density at radius 1 is 1.07 bits per heavy atom. The molecule has 1 N–H and O–H groups in total. The molecule has 0 spiro atoms. The minimum atomic E-state index is -4.50. The predicted molar refractivity (Wildman–Crippen MR) is 41.7 cm³/mol. The van der Waals surface area contributed by atoms with Crippen molar-refractivity contribution in [3.8, 4) is 0 Å². The molecular weight excluding hydrogens is 219 g/mol. The molecule has 1 aromatic rings. The van der Waals surface area contributed by atoms with E-state index in [1.54, 1.807) is 0 Å². The zero-order valence-corrected chi connectivity index (χ0v) is 7.48. The molecule has 0 fully saturated rings. The van der Waals surface area contributed by atoms with E-state index in [1.807, 2.05) is 0 Å². The maximum Gasteiger partial charge on any atom is 0.416 e. The SMILES string of the molecule is [NH]S(=O)(=O)c1ccc(C(F)(F)F)cc1. The second-order valence-electron chi connectivity index (χ2n) is 2.53. The Labute approximate surface area is 78.4 Å². The van der Waals surface area contributed by atoms with Crippen molar-refractivity contribution in [3.63, 3.8) is 0 Å². The highest BCUT2D eigenvalue weighted by molar-refractivity contribution is 7.88. The molecule has 77 valence electrons. The third kappa shape index (κ3) is 2.46. The van der Waals surface area contributed by atoms with Gasteiger partial charge >= 0.3 is 6.18 Å².